The van der Waals surface area contributed by atoms with Crippen molar-refractivity contribution in [3.63, 3.8) is 0 Å². The summed E-state index contributed by atoms with van der Waals surface area (Å²) in [4.78, 5) is 34.8. The summed E-state index contributed by atoms with van der Waals surface area (Å²) in [5.41, 5.74) is 2.57. The van der Waals surface area contributed by atoms with Gasteiger partial charge in [-0.15, -0.1) is 22.7 Å². The van der Waals surface area contributed by atoms with Gasteiger partial charge in [0.15, 0.2) is 15.3 Å². The number of amides is 1. The Hall–Kier alpha value is -2.03. The molecule has 0 spiro atoms. The molecule has 1 aliphatic carbocycles. The summed E-state index contributed by atoms with van der Waals surface area (Å²) in [6.45, 7) is 0. The molecule has 8 heteroatoms. The van der Waals surface area contributed by atoms with Crippen LogP contribution in [-0.4, -0.2) is 27.4 Å². The SMILES string of the molecule is O=C(Cc1csc(SCC(=O)c2ccccc2)n1)Nc1nc2c(s1)CCCC2. The molecule has 0 saturated heterocycles. The highest BCUT2D eigenvalue weighted by Gasteiger charge is 2.17. The molecule has 144 valence electrons. The third-order valence-corrected chi connectivity index (χ3v) is 7.53. The van der Waals surface area contributed by atoms with Crippen molar-refractivity contribution in [3.8, 4) is 0 Å². The van der Waals surface area contributed by atoms with Gasteiger partial charge in [-0.2, -0.15) is 0 Å². The molecule has 1 N–H and O–H groups in total. The van der Waals surface area contributed by atoms with Gasteiger partial charge >= 0.3 is 0 Å². The molecule has 28 heavy (non-hydrogen) atoms. The lowest BCUT2D eigenvalue weighted by atomic mass is 10.0. The van der Waals surface area contributed by atoms with Crippen LogP contribution in [0.2, 0.25) is 0 Å². The highest BCUT2D eigenvalue weighted by Crippen LogP contribution is 2.30. The Kier molecular flexibility index (Phi) is 6.19. The summed E-state index contributed by atoms with van der Waals surface area (Å²) < 4.78 is 0.803. The second kappa shape index (κ2) is 8.98. The minimum atomic E-state index is -0.103. The van der Waals surface area contributed by atoms with E-state index in [2.05, 4.69) is 15.3 Å². The highest BCUT2D eigenvalue weighted by molar-refractivity contribution is 8.01. The van der Waals surface area contributed by atoms with Crippen molar-refractivity contribution in [2.24, 2.45) is 0 Å². The van der Waals surface area contributed by atoms with Gasteiger partial charge in [-0.25, -0.2) is 9.97 Å². The fourth-order valence-electron chi connectivity index (χ4n) is 3.00. The molecule has 0 saturated carbocycles. The van der Waals surface area contributed by atoms with Crippen molar-refractivity contribution in [2.75, 3.05) is 11.1 Å². The molecule has 2 heterocycles. The van der Waals surface area contributed by atoms with Crippen LogP contribution in [0.15, 0.2) is 40.1 Å². The van der Waals surface area contributed by atoms with Gasteiger partial charge in [-0.3, -0.25) is 9.59 Å². The van der Waals surface area contributed by atoms with E-state index in [1.54, 1.807) is 11.3 Å². The molecule has 2 aromatic heterocycles. The predicted octanol–water partition coefficient (Wildman–Crippen LogP) is 4.63. The fraction of sp³-hybridized carbons (Fsp3) is 0.300. The normalized spacial score (nSPS) is 13.1. The number of fused-ring (bicyclic) bond motifs is 1. The minimum absolute atomic E-state index is 0.0767. The van der Waals surface area contributed by atoms with Crippen LogP contribution < -0.4 is 5.32 Å². The number of aryl methyl sites for hydroxylation is 2. The number of carbonyl (C=O) groups excluding carboxylic acids is 2. The zero-order valence-corrected chi connectivity index (χ0v) is 17.6. The number of hydrogen-bond acceptors (Lipinski definition) is 7. The van der Waals surface area contributed by atoms with Crippen molar-refractivity contribution in [1.82, 2.24) is 9.97 Å². The second-order valence-corrected chi connectivity index (χ2v) is 9.67. The third-order valence-electron chi connectivity index (χ3n) is 4.39. The molecule has 0 aliphatic heterocycles. The lowest BCUT2D eigenvalue weighted by Crippen LogP contribution is -2.14. The number of benzene rings is 1. The number of thiazole rings is 2. The monoisotopic (exact) mass is 429 g/mol. The number of hydrogen-bond donors (Lipinski definition) is 1. The van der Waals surface area contributed by atoms with Gasteiger partial charge in [0.25, 0.3) is 0 Å². The van der Waals surface area contributed by atoms with Gasteiger partial charge in [-0.05, 0) is 25.7 Å². The number of nitrogens with zero attached hydrogens (tertiary/aromatic N) is 2. The van der Waals surface area contributed by atoms with Crippen LogP contribution in [0.25, 0.3) is 0 Å². The Bertz CT molecular complexity index is 958. The van der Waals surface area contributed by atoms with Crippen LogP contribution in [0.5, 0.6) is 0 Å². The number of rotatable bonds is 7. The summed E-state index contributed by atoms with van der Waals surface area (Å²) >= 11 is 4.46. The van der Waals surface area contributed by atoms with Crippen molar-refractivity contribution in [2.45, 2.75) is 36.4 Å². The largest absolute Gasteiger partial charge is 0.302 e. The molecular weight excluding hydrogens is 410 g/mol. The Morgan fingerprint density at radius 3 is 2.75 bits per heavy atom. The van der Waals surface area contributed by atoms with E-state index in [1.165, 1.54) is 40.8 Å². The first kappa shape index (κ1) is 19.3. The highest BCUT2D eigenvalue weighted by atomic mass is 32.2. The average Bonchev–Trinajstić information content (AvgIpc) is 3.32. The topological polar surface area (TPSA) is 72.0 Å². The molecule has 0 unspecified atom stereocenters. The third kappa shape index (κ3) is 4.87. The number of carbonyl (C=O) groups is 2. The van der Waals surface area contributed by atoms with Gasteiger partial charge < -0.3 is 5.32 Å². The minimum Gasteiger partial charge on any atom is -0.302 e. The van der Waals surface area contributed by atoms with Gasteiger partial charge in [0.05, 0.1) is 23.6 Å². The maximum absolute atomic E-state index is 12.3. The first-order valence-corrected chi connectivity index (χ1v) is 11.8. The van der Waals surface area contributed by atoms with Crippen molar-refractivity contribution in [3.05, 3.63) is 57.5 Å². The van der Waals surface area contributed by atoms with Crippen molar-refractivity contribution < 1.29 is 9.59 Å². The van der Waals surface area contributed by atoms with Crippen LogP contribution in [-0.2, 0) is 24.1 Å². The number of aromatic nitrogens is 2. The zero-order chi connectivity index (χ0) is 19.3. The van der Waals surface area contributed by atoms with Crippen LogP contribution >= 0.6 is 34.4 Å². The van der Waals surface area contributed by atoms with Crippen molar-refractivity contribution in [1.29, 1.82) is 0 Å². The van der Waals surface area contributed by atoms with Crippen LogP contribution in [0.4, 0.5) is 5.13 Å². The summed E-state index contributed by atoms with van der Waals surface area (Å²) in [5.74, 6) is 0.314. The van der Waals surface area contributed by atoms with E-state index in [1.807, 2.05) is 35.7 Å². The van der Waals surface area contributed by atoms with Crippen LogP contribution in [0.3, 0.4) is 0 Å². The number of nitrogens with one attached hydrogen (secondary N) is 1. The summed E-state index contributed by atoms with van der Waals surface area (Å²) in [6, 6.07) is 9.24. The number of thioether (sulfide) groups is 1. The van der Waals surface area contributed by atoms with E-state index < -0.39 is 0 Å². The molecular formula is C20H19N3O2S3. The predicted molar refractivity (Wildman–Crippen MR) is 115 cm³/mol. The molecule has 3 aromatic rings. The Morgan fingerprint density at radius 2 is 1.93 bits per heavy atom. The van der Waals surface area contributed by atoms with Crippen LogP contribution in [0, 0.1) is 0 Å². The summed E-state index contributed by atoms with van der Waals surface area (Å²) in [6.07, 6.45) is 4.67. The quantitative estimate of drug-likeness (QED) is 0.438. The van der Waals surface area contributed by atoms with E-state index in [0.29, 0.717) is 16.4 Å². The lowest BCUT2D eigenvalue weighted by Gasteiger charge is -2.06. The van der Waals surface area contributed by atoms with Gasteiger partial charge in [0, 0.05) is 15.8 Å². The zero-order valence-electron chi connectivity index (χ0n) is 15.1. The molecule has 0 bridgehead atoms. The smallest absolute Gasteiger partial charge is 0.232 e. The van der Waals surface area contributed by atoms with E-state index >= 15 is 0 Å². The fourth-order valence-corrected chi connectivity index (χ4v) is 5.81. The van der Waals surface area contributed by atoms with Gasteiger partial charge in [-0.1, -0.05) is 42.1 Å². The maximum atomic E-state index is 12.3. The molecule has 0 fully saturated rings. The van der Waals surface area contributed by atoms with E-state index in [-0.39, 0.29) is 18.1 Å². The molecule has 1 aliphatic rings. The van der Waals surface area contributed by atoms with Crippen molar-refractivity contribution >= 4 is 51.3 Å². The Labute approximate surface area is 175 Å². The van der Waals surface area contributed by atoms with E-state index in [4.69, 9.17) is 0 Å². The number of ketones is 1. The van der Waals surface area contributed by atoms with Gasteiger partial charge in [0.2, 0.25) is 5.91 Å². The second-order valence-electron chi connectivity index (χ2n) is 6.50. The molecule has 4 rings (SSSR count). The molecule has 0 atom stereocenters. The van der Waals surface area contributed by atoms with Gasteiger partial charge in [0.1, 0.15) is 0 Å². The number of Topliss-reactive ketones (excluding diaryl/α,β-unsaturated/α-hetero) is 1. The van der Waals surface area contributed by atoms with E-state index in [0.717, 1.165) is 28.6 Å². The maximum Gasteiger partial charge on any atom is 0.232 e. The molecule has 1 aromatic carbocycles. The average molecular weight is 430 g/mol. The van der Waals surface area contributed by atoms with E-state index in [9.17, 15) is 9.59 Å². The Morgan fingerprint density at radius 1 is 1.11 bits per heavy atom. The molecule has 0 radical (unpaired) electrons. The number of anilines is 1. The first-order chi connectivity index (χ1) is 13.7. The Balaban J connectivity index is 1.28. The molecule has 1 amide bonds. The summed E-state index contributed by atoms with van der Waals surface area (Å²) in [7, 11) is 0. The van der Waals surface area contributed by atoms with Crippen LogP contribution in [0.1, 0.15) is 39.5 Å². The lowest BCUT2D eigenvalue weighted by molar-refractivity contribution is -0.115. The standard InChI is InChI=1S/C20H19N3O2S3/c24-16(13-6-2-1-3-7-13)12-27-20-21-14(11-26-20)10-18(25)23-19-22-15-8-4-5-9-17(15)28-19/h1-3,6-7,11H,4-5,8-10,12H2,(H,22,23,25). The summed E-state index contributed by atoms with van der Waals surface area (Å²) in [5, 5.41) is 5.47. The first-order valence-electron chi connectivity index (χ1n) is 9.11. The molecule has 5 nitrogen and oxygen atoms in total.